The number of rotatable bonds is 3. The molecule has 7 heteroatoms. The summed E-state index contributed by atoms with van der Waals surface area (Å²) in [6, 6.07) is 3.80. The summed E-state index contributed by atoms with van der Waals surface area (Å²) in [6.45, 7) is 1.92. The van der Waals surface area contributed by atoms with Crippen molar-refractivity contribution in [2.75, 3.05) is 0 Å². The van der Waals surface area contributed by atoms with Crippen LogP contribution in [-0.4, -0.2) is 19.9 Å². The zero-order valence-electron chi connectivity index (χ0n) is 9.54. The summed E-state index contributed by atoms with van der Waals surface area (Å²) in [5, 5.41) is 3.00. The number of carbonyl (C=O) groups excluding carboxylic acids is 1. The lowest BCUT2D eigenvalue weighted by molar-refractivity contribution is 0.0935. The van der Waals surface area contributed by atoms with Gasteiger partial charge in [0.2, 0.25) is 0 Å². The molecule has 1 aromatic rings. The Morgan fingerprint density at radius 3 is 2.50 bits per heavy atom. The number of hydrogen-bond donors (Lipinski definition) is 1. The van der Waals surface area contributed by atoms with Crippen LogP contribution in [0, 0.1) is 0 Å². The molecule has 0 radical (unpaired) electrons. The average molecular weight is 308 g/mol. The number of carbonyl (C=O) groups is 1. The molecule has 0 bridgehead atoms. The van der Waals surface area contributed by atoms with E-state index in [2.05, 4.69) is 5.32 Å². The van der Waals surface area contributed by atoms with E-state index in [0.717, 1.165) is 12.8 Å². The summed E-state index contributed by atoms with van der Waals surface area (Å²) in [5.41, 5.74) is -0.0810. The highest BCUT2D eigenvalue weighted by Gasteiger charge is 2.39. The van der Waals surface area contributed by atoms with Crippen molar-refractivity contribution >= 4 is 37.2 Å². The van der Waals surface area contributed by atoms with Gasteiger partial charge in [0.15, 0.2) is 0 Å². The molecule has 0 aromatic heterocycles. The molecule has 1 fully saturated rings. The molecule has 2 rings (SSSR count). The van der Waals surface area contributed by atoms with Crippen LogP contribution in [0.1, 0.15) is 30.1 Å². The third kappa shape index (κ3) is 2.96. The van der Waals surface area contributed by atoms with Crippen LogP contribution in [0.3, 0.4) is 0 Å². The highest BCUT2D eigenvalue weighted by atomic mass is 35.7. The summed E-state index contributed by atoms with van der Waals surface area (Å²) in [7, 11) is 1.36. The van der Waals surface area contributed by atoms with Crippen molar-refractivity contribution in [2.45, 2.75) is 30.2 Å². The zero-order chi connectivity index (χ0) is 13.6. The Balaban J connectivity index is 2.34. The van der Waals surface area contributed by atoms with Crippen molar-refractivity contribution in [3.63, 3.8) is 0 Å². The maximum absolute atomic E-state index is 12.0. The molecule has 0 unspecified atom stereocenters. The Bertz CT molecular complexity index is 609. The number of hydrogen-bond acceptors (Lipinski definition) is 3. The Morgan fingerprint density at radius 2 is 2.00 bits per heavy atom. The maximum atomic E-state index is 12.0. The van der Waals surface area contributed by atoms with Gasteiger partial charge >= 0.3 is 0 Å². The predicted molar refractivity (Wildman–Crippen MR) is 69.6 cm³/mol. The summed E-state index contributed by atoms with van der Waals surface area (Å²) in [6.07, 6.45) is 1.81. The van der Waals surface area contributed by atoms with E-state index in [9.17, 15) is 13.2 Å². The summed E-state index contributed by atoms with van der Waals surface area (Å²) in [4.78, 5) is 11.8. The van der Waals surface area contributed by atoms with Gasteiger partial charge in [-0.25, -0.2) is 8.42 Å². The molecule has 1 amide bonds. The molecule has 1 aliphatic rings. The second-order valence-electron chi connectivity index (χ2n) is 4.59. The standard InChI is InChI=1S/C11H11Cl2NO3S/c1-11(4-5-11)14-10(15)8-6-7(18(13,16)17)2-3-9(8)12/h2-3,6H,4-5H2,1H3,(H,14,15). The molecule has 4 nitrogen and oxygen atoms in total. The first-order chi connectivity index (χ1) is 8.21. The van der Waals surface area contributed by atoms with Gasteiger partial charge in [-0.2, -0.15) is 0 Å². The molecule has 0 heterocycles. The van der Waals surface area contributed by atoms with Crippen molar-refractivity contribution in [1.82, 2.24) is 5.32 Å². The first-order valence-corrected chi connectivity index (χ1v) is 7.97. The fourth-order valence-electron chi connectivity index (χ4n) is 1.48. The van der Waals surface area contributed by atoms with Gasteiger partial charge in [-0.05, 0) is 38.0 Å². The van der Waals surface area contributed by atoms with Gasteiger partial charge in [0.1, 0.15) is 0 Å². The second-order valence-corrected chi connectivity index (χ2v) is 7.57. The normalized spacial score (nSPS) is 17.3. The van der Waals surface area contributed by atoms with Crippen molar-refractivity contribution in [3.8, 4) is 0 Å². The maximum Gasteiger partial charge on any atom is 0.261 e. The van der Waals surface area contributed by atoms with Crippen molar-refractivity contribution in [3.05, 3.63) is 28.8 Å². The third-order valence-electron chi connectivity index (χ3n) is 2.88. The molecule has 98 valence electrons. The predicted octanol–water partition coefficient (Wildman–Crippen LogP) is 2.55. The molecule has 1 aliphatic carbocycles. The average Bonchev–Trinajstić information content (AvgIpc) is 2.94. The fraction of sp³-hybridized carbons (Fsp3) is 0.364. The van der Waals surface area contributed by atoms with Gasteiger partial charge < -0.3 is 5.32 Å². The summed E-state index contributed by atoms with van der Waals surface area (Å²) in [5.74, 6) is -0.387. The minimum Gasteiger partial charge on any atom is -0.347 e. The van der Waals surface area contributed by atoms with E-state index in [4.69, 9.17) is 22.3 Å². The van der Waals surface area contributed by atoms with Crippen LogP contribution in [0.25, 0.3) is 0 Å². The van der Waals surface area contributed by atoms with Gasteiger partial charge in [-0.3, -0.25) is 4.79 Å². The summed E-state index contributed by atoms with van der Waals surface area (Å²) >= 11 is 5.89. The SMILES string of the molecule is CC1(NC(=O)c2cc(S(=O)(=O)Cl)ccc2Cl)CC1. The van der Waals surface area contributed by atoms with Crippen molar-refractivity contribution in [1.29, 1.82) is 0 Å². The third-order valence-corrected chi connectivity index (χ3v) is 4.56. The molecular weight excluding hydrogens is 297 g/mol. The van der Waals surface area contributed by atoms with E-state index in [1.807, 2.05) is 6.92 Å². The van der Waals surface area contributed by atoms with Crippen molar-refractivity contribution < 1.29 is 13.2 Å². The van der Waals surface area contributed by atoms with Crippen LogP contribution in [0.4, 0.5) is 0 Å². The first kappa shape index (κ1) is 13.6. The van der Waals surface area contributed by atoms with Gasteiger partial charge in [0.25, 0.3) is 15.0 Å². The van der Waals surface area contributed by atoms with E-state index < -0.39 is 9.05 Å². The first-order valence-electron chi connectivity index (χ1n) is 5.28. The van der Waals surface area contributed by atoms with Crippen LogP contribution in [-0.2, 0) is 9.05 Å². The number of halogens is 2. The van der Waals surface area contributed by atoms with E-state index >= 15 is 0 Å². The molecule has 18 heavy (non-hydrogen) atoms. The quantitative estimate of drug-likeness (QED) is 0.873. The second kappa shape index (κ2) is 4.40. The van der Waals surface area contributed by atoms with Gasteiger partial charge in [0, 0.05) is 16.2 Å². The van der Waals surface area contributed by atoms with Crippen LogP contribution in [0.5, 0.6) is 0 Å². The van der Waals surface area contributed by atoms with Crippen LogP contribution >= 0.6 is 22.3 Å². The Hall–Kier alpha value is -0.780. The largest absolute Gasteiger partial charge is 0.347 e. The van der Waals surface area contributed by atoms with E-state index in [1.165, 1.54) is 18.2 Å². The van der Waals surface area contributed by atoms with Crippen LogP contribution in [0.15, 0.2) is 23.1 Å². The molecule has 0 saturated heterocycles. The lowest BCUT2D eigenvalue weighted by Gasteiger charge is -2.12. The zero-order valence-corrected chi connectivity index (χ0v) is 11.9. The monoisotopic (exact) mass is 307 g/mol. The molecule has 1 N–H and O–H groups in total. The number of nitrogens with one attached hydrogen (secondary N) is 1. The van der Waals surface area contributed by atoms with Crippen molar-refractivity contribution in [2.24, 2.45) is 0 Å². The van der Waals surface area contributed by atoms with E-state index in [0.29, 0.717) is 0 Å². The van der Waals surface area contributed by atoms with Gasteiger partial charge in [-0.15, -0.1) is 0 Å². The smallest absolute Gasteiger partial charge is 0.261 e. The van der Waals surface area contributed by atoms with Gasteiger partial charge in [-0.1, -0.05) is 11.6 Å². The van der Waals surface area contributed by atoms with Crippen LogP contribution < -0.4 is 5.32 Å². The Labute approximate surface area is 115 Å². The summed E-state index contributed by atoms with van der Waals surface area (Å²) < 4.78 is 22.4. The van der Waals surface area contributed by atoms with E-state index in [-0.39, 0.29) is 26.9 Å². The highest BCUT2D eigenvalue weighted by molar-refractivity contribution is 8.13. The molecule has 0 spiro atoms. The Morgan fingerprint density at radius 1 is 1.39 bits per heavy atom. The minimum absolute atomic E-state index is 0.117. The molecular formula is C11H11Cl2NO3S. The number of amides is 1. The lowest BCUT2D eigenvalue weighted by Crippen LogP contribution is -2.34. The van der Waals surface area contributed by atoms with Crippen LogP contribution in [0.2, 0.25) is 5.02 Å². The highest BCUT2D eigenvalue weighted by Crippen LogP contribution is 2.35. The molecule has 0 aliphatic heterocycles. The molecule has 1 aromatic carbocycles. The molecule has 0 atom stereocenters. The molecule has 1 saturated carbocycles. The number of benzene rings is 1. The fourth-order valence-corrected chi connectivity index (χ4v) is 2.46. The Kier molecular flexibility index (Phi) is 3.34. The minimum atomic E-state index is -3.87. The van der Waals surface area contributed by atoms with Gasteiger partial charge in [0.05, 0.1) is 15.5 Å². The lowest BCUT2D eigenvalue weighted by atomic mass is 10.2. The van der Waals surface area contributed by atoms with E-state index in [1.54, 1.807) is 0 Å². The topological polar surface area (TPSA) is 63.2 Å².